The average Bonchev–Trinajstić information content (AvgIpc) is 2.08. The number of hydrogen-bond donors (Lipinski definition) is 5. The molecule has 1 saturated heterocycles. The molecule has 1 fully saturated rings. The Balaban J connectivity index is 2.63. The van der Waals surface area contributed by atoms with Crippen LogP contribution < -0.4 is 0 Å². The summed E-state index contributed by atoms with van der Waals surface area (Å²) in [6, 6.07) is 0. The maximum atomic E-state index is 9.12. The topological polar surface area (TPSA) is 110 Å². The third-order valence-electron chi connectivity index (χ3n) is 1.87. The lowest BCUT2D eigenvalue weighted by molar-refractivity contribution is -0.286. The van der Waals surface area contributed by atoms with E-state index in [1.54, 1.807) is 0 Å². The van der Waals surface area contributed by atoms with Crippen LogP contribution in [0.5, 0.6) is 0 Å². The maximum Gasteiger partial charge on any atom is 0.184 e. The summed E-state index contributed by atoms with van der Waals surface area (Å²) in [5.74, 6) is 0. The molecule has 0 aromatic carbocycles. The quantitative estimate of drug-likeness (QED) is 0.272. The van der Waals surface area contributed by atoms with Gasteiger partial charge in [-0.05, 0) is 0 Å². The zero-order valence-corrected chi connectivity index (χ0v) is 6.24. The molecule has 0 aromatic heterocycles. The first kappa shape index (κ1) is 9.85. The van der Waals surface area contributed by atoms with Crippen LogP contribution in [0.1, 0.15) is 0 Å². The van der Waals surface area contributed by atoms with Crippen LogP contribution in [0.3, 0.4) is 0 Å². The second kappa shape index (κ2) is 3.65. The molecule has 1 aliphatic heterocycles. The second-order valence-corrected chi connectivity index (χ2v) is 2.72. The Hall–Kier alpha value is -0.240. The molecule has 1 aliphatic rings. The zero-order chi connectivity index (χ0) is 9.30. The Morgan fingerprint density at radius 3 is 2.00 bits per heavy atom. The second-order valence-electron chi connectivity index (χ2n) is 2.72. The van der Waals surface area contributed by atoms with Gasteiger partial charge in [0.2, 0.25) is 0 Å². The molecule has 0 bridgehead atoms. The average molecular weight is 181 g/mol. The third kappa shape index (κ3) is 1.58. The molecule has 0 amide bonds. The summed E-state index contributed by atoms with van der Waals surface area (Å²) in [5.41, 5.74) is 0. The summed E-state index contributed by atoms with van der Waals surface area (Å²) in [6.45, 7) is -0.526. The number of ether oxygens (including phenoxy) is 1. The molecular formula is C6H12O6. The van der Waals surface area contributed by atoms with Crippen LogP contribution in [-0.4, -0.2) is 62.8 Å². The van der Waals surface area contributed by atoms with Gasteiger partial charge < -0.3 is 30.3 Å². The van der Waals surface area contributed by atoms with Crippen LogP contribution in [0.25, 0.3) is 0 Å². The van der Waals surface area contributed by atoms with Crippen LogP contribution in [0, 0.1) is 0 Å². The van der Waals surface area contributed by atoms with E-state index in [0.29, 0.717) is 0 Å². The SMILES string of the molecule is OC[C@H]1OC(O)[13C@@H](O)[C@@H](O)[C@H]1O. The summed E-state index contributed by atoms with van der Waals surface area (Å²) in [4.78, 5) is 0. The number of aliphatic hydroxyl groups excluding tert-OH is 5. The van der Waals surface area contributed by atoms with E-state index < -0.39 is 37.3 Å². The Morgan fingerprint density at radius 2 is 1.50 bits per heavy atom. The highest BCUT2D eigenvalue weighted by atomic mass is 16.7. The molecule has 0 aromatic rings. The van der Waals surface area contributed by atoms with E-state index in [2.05, 4.69) is 4.74 Å². The molecule has 72 valence electrons. The van der Waals surface area contributed by atoms with Gasteiger partial charge in [-0.25, -0.2) is 0 Å². The molecular weight excluding hydrogens is 169 g/mol. The summed E-state index contributed by atoms with van der Waals surface area (Å²) < 4.78 is 4.58. The van der Waals surface area contributed by atoms with Crippen molar-refractivity contribution in [2.45, 2.75) is 30.7 Å². The Kier molecular flexibility index (Phi) is 2.99. The van der Waals surface area contributed by atoms with Gasteiger partial charge in [0.1, 0.15) is 24.4 Å². The van der Waals surface area contributed by atoms with Crippen molar-refractivity contribution in [1.82, 2.24) is 0 Å². The first-order valence-electron chi connectivity index (χ1n) is 3.56. The number of hydrogen-bond acceptors (Lipinski definition) is 6. The Labute approximate surface area is 68.6 Å². The van der Waals surface area contributed by atoms with Crippen LogP contribution >= 0.6 is 0 Å². The van der Waals surface area contributed by atoms with E-state index in [-0.39, 0.29) is 0 Å². The lowest BCUT2D eigenvalue weighted by atomic mass is 10.1. The van der Waals surface area contributed by atoms with E-state index in [0.717, 1.165) is 0 Å². The molecule has 0 radical (unpaired) electrons. The lowest BCUT2D eigenvalue weighted by Gasteiger charge is -2.37. The highest BCUT2D eigenvalue weighted by Crippen LogP contribution is 2.18. The monoisotopic (exact) mass is 181 g/mol. The minimum Gasteiger partial charge on any atom is -0.394 e. The summed E-state index contributed by atoms with van der Waals surface area (Å²) in [6.07, 6.45) is -7.04. The molecule has 12 heavy (non-hydrogen) atoms. The van der Waals surface area contributed by atoms with Crippen molar-refractivity contribution in [2.75, 3.05) is 6.61 Å². The first-order valence-corrected chi connectivity index (χ1v) is 3.56. The molecule has 6 nitrogen and oxygen atoms in total. The van der Waals surface area contributed by atoms with Crippen molar-refractivity contribution in [1.29, 1.82) is 0 Å². The van der Waals surface area contributed by atoms with Crippen molar-refractivity contribution in [3.8, 4) is 0 Å². The van der Waals surface area contributed by atoms with Crippen LogP contribution in [-0.2, 0) is 4.74 Å². The number of rotatable bonds is 1. The highest BCUT2D eigenvalue weighted by Gasteiger charge is 2.42. The van der Waals surface area contributed by atoms with E-state index in [9.17, 15) is 0 Å². The predicted octanol–water partition coefficient (Wildman–Crippen LogP) is -3.22. The van der Waals surface area contributed by atoms with Gasteiger partial charge in [0.25, 0.3) is 0 Å². The van der Waals surface area contributed by atoms with Crippen molar-refractivity contribution in [3.05, 3.63) is 0 Å². The Bertz CT molecular complexity index is 146. The number of aliphatic hydroxyl groups is 5. The minimum absolute atomic E-state index is 0.526. The first-order chi connectivity index (χ1) is 5.57. The standard InChI is InChI=1S/C6H12O6/c7-1-2-3(8)4(9)5(10)6(11)12-2/h2-11H,1H2/t2-,3+,4+,5+,6?/m1/s1/i5+1. The highest BCUT2D eigenvalue weighted by molar-refractivity contribution is 4.87. The normalized spacial score (nSPS) is 49.2. The summed E-state index contributed by atoms with van der Waals surface area (Å²) >= 11 is 0. The fourth-order valence-electron chi connectivity index (χ4n) is 1.08. The molecule has 5 N–H and O–H groups in total. The lowest BCUT2D eigenvalue weighted by Crippen LogP contribution is -2.58. The van der Waals surface area contributed by atoms with E-state index >= 15 is 0 Å². The maximum absolute atomic E-state index is 9.12. The fourth-order valence-corrected chi connectivity index (χ4v) is 1.08. The van der Waals surface area contributed by atoms with E-state index in [1.165, 1.54) is 0 Å². The smallest absolute Gasteiger partial charge is 0.184 e. The van der Waals surface area contributed by atoms with Crippen LogP contribution in [0.2, 0.25) is 0 Å². The molecule has 1 rings (SSSR count). The van der Waals surface area contributed by atoms with Crippen LogP contribution in [0.15, 0.2) is 0 Å². The molecule has 5 atom stereocenters. The molecule has 0 spiro atoms. The van der Waals surface area contributed by atoms with Gasteiger partial charge >= 0.3 is 0 Å². The van der Waals surface area contributed by atoms with Crippen molar-refractivity contribution >= 4 is 0 Å². The van der Waals surface area contributed by atoms with Gasteiger partial charge in [0, 0.05) is 0 Å². The zero-order valence-electron chi connectivity index (χ0n) is 6.24. The Morgan fingerprint density at radius 1 is 0.917 bits per heavy atom. The molecule has 1 unspecified atom stereocenters. The fraction of sp³-hybridized carbons (Fsp3) is 1.00. The minimum atomic E-state index is -1.57. The van der Waals surface area contributed by atoms with Gasteiger partial charge in [-0.1, -0.05) is 0 Å². The van der Waals surface area contributed by atoms with Crippen molar-refractivity contribution < 1.29 is 30.3 Å². The van der Waals surface area contributed by atoms with Crippen molar-refractivity contribution in [3.63, 3.8) is 0 Å². The van der Waals surface area contributed by atoms with Gasteiger partial charge in [0.05, 0.1) is 6.61 Å². The molecule has 1 heterocycles. The third-order valence-corrected chi connectivity index (χ3v) is 1.87. The van der Waals surface area contributed by atoms with E-state index in [4.69, 9.17) is 25.5 Å². The van der Waals surface area contributed by atoms with Gasteiger partial charge in [-0.2, -0.15) is 0 Å². The summed E-state index contributed by atoms with van der Waals surface area (Å²) in [7, 11) is 0. The predicted molar refractivity (Wildman–Crippen MR) is 36.0 cm³/mol. The largest absolute Gasteiger partial charge is 0.394 e. The molecule has 0 saturated carbocycles. The van der Waals surface area contributed by atoms with Crippen LogP contribution in [0.4, 0.5) is 0 Å². The van der Waals surface area contributed by atoms with Crippen molar-refractivity contribution in [2.24, 2.45) is 0 Å². The van der Waals surface area contributed by atoms with Gasteiger partial charge in [0.15, 0.2) is 6.29 Å². The molecule has 6 heteroatoms. The van der Waals surface area contributed by atoms with E-state index in [1.807, 2.05) is 0 Å². The van der Waals surface area contributed by atoms with Gasteiger partial charge in [-0.3, -0.25) is 0 Å². The molecule has 0 aliphatic carbocycles. The van der Waals surface area contributed by atoms with Gasteiger partial charge in [-0.15, -0.1) is 0 Å². The summed E-state index contributed by atoms with van der Waals surface area (Å²) in [5, 5.41) is 44.7.